The molecule has 0 aliphatic carbocycles. The van der Waals surface area contributed by atoms with E-state index in [2.05, 4.69) is 11.8 Å². The van der Waals surface area contributed by atoms with Crippen molar-refractivity contribution >= 4 is 27.7 Å². The fraction of sp³-hybridized carbons (Fsp3) is 0.538. The summed E-state index contributed by atoms with van der Waals surface area (Å²) in [6, 6.07) is -0.980. The average molecular weight is 325 g/mol. The van der Waals surface area contributed by atoms with Crippen LogP contribution in [0.4, 0.5) is 0 Å². The van der Waals surface area contributed by atoms with Gasteiger partial charge in [0.05, 0.1) is 11.6 Å². The summed E-state index contributed by atoms with van der Waals surface area (Å²) in [5, 5.41) is 3.31. The standard InChI is InChI=1S/C13H17N4O4S/c1-9(2)16-5-4-15(14-16)8-13(3)10(7-18)17-11(19)6-12(17)22(13,20)21/h4-5,7,10,12H,1,6,8H2,2-3H3/q+1/t10-,12?,13-/m0/s1. The Hall–Kier alpha value is -2.03. The Labute approximate surface area is 127 Å². The van der Waals surface area contributed by atoms with E-state index < -0.39 is 26.0 Å². The Bertz CT molecular complexity index is 784. The van der Waals surface area contributed by atoms with E-state index in [0.717, 1.165) is 0 Å². The number of carbonyl (C=O) groups is 2. The number of aldehydes is 1. The molecule has 118 valence electrons. The zero-order valence-corrected chi connectivity index (χ0v) is 13.2. The Morgan fingerprint density at radius 2 is 2.32 bits per heavy atom. The summed E-state index contributed by atoms with van der Waals surface area (Å²) >= 11 is 0. The van der Waals surface area contributed by atoms with Crippen molar-refractivity contribution in [1.29, 1.82) is 0 Å². The molecule has 2 aliphatic rings. The third-order valence-electron chi connectivity index (χ3n) is 4.47. The number of β-lactam (4-membered cyclic amide) rings is 1. The number of rotatable bonds is 4. The first-order chi connectivity index (χ1) is 10.2. The average Bonchev–Trinajstić information content (AvgIpc) is 2.93. The Morgan fingerprint density at radius 1 is 1.64 bits per heavy atom. The van der Waals surface area contributed by atoms with Crippen molar-refractivity contribution in [3.8, 4) is 0 Å². The molecule has 0 spiro atoms. The Balaban J connectivity index is 2.00. The fourth-order valence-corrected chi connectivity index (χ4v) is 5.44. The Morgan fingerprint density at radius 3 is 2.82 bits per heavy atom. The maximum Gasteiger partial charge on any atom is 0.227 e. The molecular weight excluding hydrogens is 308 g/mol. The molecular formula is C13H17N4O4S+. The van der Waals surface area contributed by atoms with Crippen LogP contribution in [0.25, 0.3) is 5.70 Å². The topological polar surface area (TPSA) is 93.2 Å². The number of carbonyl (C=O) groups excluding carboxylic acids is 2. The summed E-state index contributed by atoms with van der Waals surface area (Å²) in [6.45, 7) is 7.02. The summed E-state index contributed by atoms with van der Waals surface area (Å²) in [6.07, 6.45) is 3.77. The quantitative estimate of drug-likeness (QED) is 0.401. The lowest BCUT2D eigenvalue weighted by molar-refractivity contribution is -0.648. The third-order valence-corrected chi connectivity index (χ3v) is 7.25. The van der Waals surface area contributed by atoms with E-state index in [9.17, 15) is 18.0 Å². The smallest absolute Gasteiger partial charge is 0.227 e. The predicted octanol–water partition coefficient (Wildman–Crippen LogP) is -1.03. The molecule has 3 heterocycles. The number of nitrogens with zero attached hydrogens (tertiary/aromatic N) is 4. The molecule has 2 saturated heterocycles. The number of fused-ring (bicyclic) bond motifs is 1. The van der Waals surface area contributed by atoms with Crippen LogP contribution >= 0.6 is 0 Å². The zero-order valence-electron chi connectivity index (χ0n) is 12.3. The van der Waals surface area contributed by atoms with Gasteiger partial charge in [-0.25, -0.2) is 8.42 Å². The van der Waals surface area contributed by atoms with Gasteiger partial charge < -0.3 is 9.69 Å². The van der Waals surface area contributed by atoms with Crippen LogP contribution in [0.5, 0.6) is 0 Å². The van der Waals surface area contributed by atoms with Crippen molar-refractivity contribution in [2.45, 2.75) is 43.0 Å². The van der Waals surface area contributed by atoms with Crippen LogP contribution < -0.4 is 4.68 Å². The second-order valence-electron chi connectivity index (χ2n) is 5.96. The minimum Gasteiger partial charge on any atom is -0.313 e. The van der Waals surface area contributed by atoms with E-state index >= 15 is 0 Å². The van der Waals surface area contributed by atoms with Gasteiger partial charge in [0.1, 0.15) is 34.7 Å². The Kier molecular flexibility index (Phi) is 3.03. The first-order valence-electron chi connectivity index (χ1n) is 6.83. The molecule has 0 radical (unpaired) electrons. The monoisotopic (exact) mass is 325 g/mol. The summed E-state index contributed by atoms with van der Waals surface area (Å²) in [5.74, 6) is -0.299. The van der Waals surface area contributed by atoms with Crippen molar-refractivity contribution in [1.82, 2.24) is 14.8 Å². The number of allylic oxidation sites excluding steroid dienone is 1. The number of amides is 1. The largest absolute Gasteiger partial charge is 0.313 e. The molecule has 8 nitrogen and oxygen atoms in total. The summed E-state index contributed by atoms with van der Waals surface area (Å²) in [4.78, 5) is 24.3. The number of sulfone groups is 1. The molecule has 1 unspecified atom stereocenters. The molecule has 3 rings (SSSR count). The molecule has 0 bridgehead atoms. The van der Waals surface area contributed by atoms with E-state index in [1.807, 2.05) is 0 Å². The van der Waals surface area contributed by atoms with Gasteiger partial charge in [0, 0.05) is 0 Å². The summed E-state index contributed by atoms with van der Waals surface area (Å²) in [5.41, 5.74) is 0.684. The lowest BCUT2D eigenvalue weighted by Gasteiger charge is -2.35. The van der Waals surface area contributed by atoms with Gasteiger partial charge in [0.25, 0.3) is 0 Å². The van der Waals surface area contributed by atoms with Crippen LogP contribution in [-0.2, 0) is 26.0 Å². The second kappa shape index (κ2) is 4.48. The van der Waals surface area contributed by atoms with E-state index in [1.54, 1.807) is 19.3 Å². The van der Waals surface area contributed by atoms with Gasteiger partial charge in [-0.05, 0) is 13.8 Å². The molecule has 1 aromatic heterocycles. The second-order valence-corrected chi connectivity index (χ2v) is 8.53. The first-order valence-corrected chi connectivity index (χ1v) is 8.38. The molecule has 0 aromatic carbocycles. The lowest BCUT2D eigenvalue weighted by atomic mass is 9.97. The van der Waals surface area contributed by atoms with Gasteiger partial charge in [-0.2, -0.15) is 0 Å². The van der Waals surface area contributed by atoms with Gasteiger partial charge >= 0.3 is 0 Å². The number of hydrogen-bond donors (Lipinski definition) is 0. The molecule has 2 fully saturated rings. The van der Waals surface area contributed by atoms with Gasteiger partial charge in [-0.15, -0.1) is 9.36 Å². The van der Waals surface area contributed by atoms with Gasteiger partial charge in [-0.3, -0.25) is 4.79 Å². The molecule has 9 heteroatoms. The van der Waals surface area contributed by atoms with Crippen LogP contribution in [0.1, 0.15) is 20.3 Å². The number of aromatic nitrogens is 3. The van der Waals surface area contributed by atoms with Crippen LogP contribution in [-0.4, -0.2) is 51.6 Å². The summed E-state index contributed by atoms with van der Waals surface area (Å²) < 4.78 is 27.0. The molecule has 2 aliphatic heterocycles. The highest BCUT2D eigenvalue weighted by Gasteiger charge is 2.68. The van der Waals surface area contributed by atoms with Gasteiger partial charge in [-0.1, -0.05) is 6.58 Å². The van der Waals surface area contributed by atoms with Crippen molar-refractivity contribution in [2.75, 3.05) is 0 Å². The normalized spacial score (nSPS) is 32.5. The fourth-order valence-electron chi connectivity index (χ4n) is 3.09. The van der Waals surface area contributed by atoms with Crippen LogP contribution in [0.2, 0.25) is 0 Å². The van der Waals surface area contributed by atoms with Crippen molar-refractivity contribution in [3.05, 3.63) is 19.0 Å². The molecule has 1 amide bonds. The predicted molar refractivity (Wildman–Crippen MR) is 75.9 cm³/mol. The van der Waals surface area contributed by atoms with Crippen molar-refractivity contribution in [2.24, 2.45) is 0 Å². The van der Waals surface area contributed by atoms with E-state index in [1.165, 1.54) is 21.2 Å². The van der Waals surface area contributed by atoms with Gasteiger partial charge in [0.2, 0.25) is 5.91 Å². The lowest BCUT2D eigenvalue weighted by Crippen LogP contribution is -2.55. The third kappa shape index (κ3) is 1.71. The zero-order chi connectivity index (χ0) is 16.3. The van der Waals surface area contributed by atoms with E-state index in [-0.39, 0.29) is 18.9 Å². The van der Waals surface area contributed by atoms with Gasteiger partial charge in [0.15, 0.2) is 22.2 Å². The highest BCUT2D eigenvalue weighted by Crippen LogP contribution is 2.45. The van der Waals surface area contributed by atoms with Crippen molar-refractivity contribution < 1.29 is 22.7 Å². The van der Waals surface area contributed by atoms with E-state index in [4.69, 9.17) is 0 Å². The first kappa shape index (κ1) is 14.9. The molecule has 3 atom stereocenters. The molecule has 22 heavy (non-hydrogen) atoms. The molecule has 0 saturated carbocycles. The van der Waals surface area contributed by atoms with Crippen LogP contribution in [0.15, 0.2) is 19.0 Å². The SMILES string of the molecule is C=C(C)[n+]1ccn(C[C@@]2(C)[C@H](C=O)N3C(=O)CC3S2(=O)=O)n1. The highest BCUT2D eigenvalue weighted by molar-refractivity contribution is 7.93. The van der Waals surface area contributed by atoms with Crippen LogP contribution in [0.3, 0.4) is 0 Å². The maximum atomic E-state index is 12.7. The highest BCUT2D eigenvalue weighted by atomic mass is 32.2. The number of hydrogen-bond acceptors (Lipinski definition) is 5. The minimum atomic E-state index is -3.65. The van der Waals surface area contributed by atoms with E-state index in [0.29, 0.717) is 12.0 Å². The van der Waals surface area contributed by atoms with Crippen molar-refractivity contribution in [3.63, 3.8) is 0 Å². The van der Waals surface area contributed by atoms with Crippen LogP contribution in [0, 0.1) is 0 Å². The minimum absolute atomic E-state index is 0.000694. The molecule has 1 aromatic rings. The molecule has 0 N–H and O–H groups in total. The summed E-state index contributed by atoms with van der Waals surface area (Å²) in [7, 11) is -3.65. The maximum absolute atomic E-state index is 12.7.